The molecule has 0 saturated carbocycles. The molecule has 0 aliphatic heterocycles. The van der Waals surface area contributed by atoms with Crippen LogP contribution in [0.3, 0.4) is 0 Å². The molecule has 2 aromatic rings. The lowest BCUT2D eigenvalue weighted by Gasteiger charge is -2.18. The third-order valence-corrected chi connectivity index (χ3v) is 4.43. The van der Waals surface area contributed by atoms with Crippen LogP contribution in [0, 0.1) is 6.92 Å². The van der Waals surface area contributed by atoms with Crippen molar-refractivity contribution < 1.29 is 9.59 Å². The summed E-state index contributed by atoms with van der Waals surface area (Å²) in [4.78, 5) is 24.6. The number of nitrogens with one attached hydrogen (secondary N) is 3. The van der Waals surface area contributed by atoms with E-state index in [0.29, 0.717) is 6.54 Å². The molecule has 1 heterocycles. The average molecular weight is 345 g/mol. The summed E-state index contributed by atoms with van der Waals surface area (Å²) in [5.74, 6) is -0.350. The summed E-state index contributed by atoms with van der Waals surface area (Å²) < 4.78 is 0. The molecule has 1 aromatic carbocycles. The molecule has 5 nitrogen and oxygen atoms in total. The predicted molar refractivity (Wildman–Crippen MR) is 97.2 cm³/mol. The number of imide groups is 1. The molecule has 0 spiro atoms. The SMILES string of the molecule is CCCNC(=O)NC(=O)CN[C@@H](c1ccc(C)cc1)c1cccs1. The topological polar surface area (TPSA) is 70.2 Å². The number of aryl methyl sites for hydroxylation is 1. The average Bonchev–Trinajstić information content (AvgIpc) is 3.09. The first-order valence-corrected chi connectivity index (χ1v) is 8.89. The van der Waals surface area contributed by atoms with Gasteiger partial charge in [-0.05, 0) is 30.4 Å². The quantitative estimate of drug-likeness (QED) is 0.722. The Labute approximate surface area is 146 Å². The number of carbonyl (C=O) groups is 2. The van der Waals surface area contributed by atoms with Crippen molar-refractivity contribution in [3.05, 3.63) is 57.8 Å². The van der Waals surface area contributed by atoms with Gasteiger partial charge in [0.15, 0.2) is 0 Å². The fourth-order valence-corrected chi connectivity index (χ4v) is 3.07. The maximum absolute atomic E-state index is 11.9. The largest absolute Gasteiger partial charge is 0.338 e. The van der Waals surface area contributed by atoms with E-state index in [4.69, 9.17) is 0 Å². The Morgan fingerprint density at radius 1 is 1.17 bits per heavy atom. The van der Waals surface area contributed by atoms with Crippen LogP contribution in [0.5, 0.6) is 0 Å². The molecule has 1 aromatic heterocycles. The molecule has 0 aliphatic rings. The summed E-state index contributed by atoms with van der Waals surface area (Å²) in [6.07, 6.45) is 0.827. The molecular formula is C18H23N3O2S. The highest BCUT2D eigenvalue weighted by Gasteiger charge is 2.16. The van der Waals surface area contributed by atoms with Crippen molar-refractivity contribution in [2.24, 2.45) is 0 Å². The van der Waals surface area contributed by atoms with Gasteiger partial charge in [-0.3, -0.25) is 15.4 Å². The number of hydrogen-bond acceptors (Lipinski definition) is 4. The van der Waals surface area contributed by atoms with Crippen LogP contribution in [0.4, 0.5) is 4.79 Å². The maximum Gasteiger partial charge on any atom is 0.321 e. The van der Waals surface area contributed by atoms with E-state index in [1.165, 1.54) is 5.56 Å². The van der Waals surface area contributed by atoms with Crippen molar-refractivity contribution in [3.8, 4) is 0 Å². The van der Waals surface area contributed by atoms with Crippen LogP contribution in [0.25, 0.3) is 0 Å². The minimum Gasteiger partial charge on any atom is -0.338 e. The van der Waals surface area contributed by atoms with Gasteiger partial charge in [-0.15, -0.1) is 11.3 Å². The molecule has 0 unspecified atom stereocenters. The Morgan fingerprint density at radius 3 is 2.54 bits per heavy atom. The molecule has 0 bridgehead atoms. The Morgan fingerprint density at radius 2 is 1.92 bits per heavy atom. The van der Waals surface area contributed by atoms with Crippen LogP contribution in [0.15, 0.2) is 41.8 Å². The number of carbonyl (C=O) groups excluding carboxylic acids is 2. The van der Waals surface area contributed by atoms with Crippen LogP contribution in [0.2, 0.25) is 0 Å². The Hall–Kier alpha value is -2.18. The summed E-state index contributed by atoms with van der Waals surface area (Å²) in [6.45, 7) is 4.61. The highest BCUT2D eigenvalue weighted by Crippen LogP contribution is 2.26. The molecule has 24 heavy (non-hydrogen) atoms. The van der Waals surface area contributed by atoms with Gasteiger partial charge in [0.25, 0.3) is 0 Å². The van der Waals surface area contributed by atoms with Crippen molar-refractivity contribution >= 4 is 23.3 Å². The Bertz CT molecular complexity index is 653. The van der Waals surface area contributed by atoms with Crippen molar-refractivity contribution in [1.82, 2.24) is 16.0 Å². The third-order valence-electron chi connectivity index (χ3n) is 3.49. The van der Waals surface area contributed by atoms with E-state index in [0.717, 1.165) is 16.9 Å². The fourth-order valence-electron chi connectivity index (χ4n) is 2.25. The van der Waals surface area contributed by atoms with E-state index in [2.05, 4.69) is 40.2 Å². The predicted octanol–water partition coefficient (Wildman–Crippen LogP) is 2.97. The number of benzene rings is 1. The smallest absolute Gasteiger partial charge is 0.321 e. The van der Waals surface area contributed by atoms with E-state index >= 15 is 0 Å². The van der Waals surface area contributed by atoms with Crippen LogP contribution >= 0.6 is 11.3 Å². The third kappa shape index (κ3) is 5.47. The molecule has 3 amide bonds. The summed E-state index contributed by atoms with van der Waals surface area (Å²) in [7, 11) is 0. The molecule has 0 fully saturated rings. The summed E-state index contributed by atoms with van der Waals surface area (Å²) >= 11 is 1.63. The zero-order valence-electron chi connectivity index (χ0n) is 14.0. The van der Waals surface area contributed by atoms with E-state index in [-0.39, 0.29) is 18.5 Å². The van der Waals surface area contributed by atoms with Gasteiger partial charge in [0, 0.05) is 11.4 Å². The number of amides is 3. The van der Waals surface area contributed by atoms with Crippen LogP contribution in [0.1, 0.15) is 35.4 Å². The van der Waals surface area contributed by atoms with Crippen LogP contribution in [-0.4, -0.2) is 25.0 Å². The number of urea groups is 1. The molecule has 0 saturated heterocycles. The Balaban J connectivity index is 1.98. The normalized spacial score (nSPS) is 11.8. The standard InChI is InChI=1S/C18H23N3O2S/c1-3-10-19-18(23)21-16(22)12-20-17(15-5-4-11-24-15)14-8-6-13(2)7-9-14/h4-9,11,17,20H,3,10,12H2,1-2H3,(H2,19,21,22,23)/t17-/m0/s1. The first-order chi connectivity index (χ1) is 11.6. The number of thiophene rings is 1. The van der Waals surface area contributed by atoms with E-state index in [1.807, 2.05) is 31.4 Å². The van der Waals surface area contributed by atoms with Gasteiger partial charge in [0.1, 0.15) is 0 Å². The second-order valence-corrected chi connectivity index (χ2v) is 6.52. The van der Waals surface area contributed by atoms with Crippen LogP contribution < -0.4 is 16.0 Å². The van der Waals surface area contributed by atoms with Gasteiger partial charge in [-0.25, -0.2) is 4.79 Å². The molecule has 6 heteroatoms. The second-order valence-electron chi connectivity index (χ2n) is 5.54. The molecule has 128 valence electrons. The zero-order valence-corrected chi connectivity index (χ0v) is 14.8. The van der Waals surface area contributed by atoms with Crippen molar-refractivity contribution in [3.63, 3.8) is 0 Å². The first kappa shape index (κ1) is 18.2. The number of rotatable bonds is 7. The molecule has 2 rings (SSSR count). The fraction of sp³-hybridized carbons (Fsp3) is 0.333. The summed E-state index contributed by atoms with van der Waals surface area (Å²) in [6, 6.07) is 11.7. The van der Waals surface area contributed by atoms with Gasteiger partial charge < -0.3 is 5.32 Å². The first-order valence-electron chi connectivity index (χ1n) is 8.01. The minimum atomic E-state index is -0.452. The zero-order chi connectivity index (χ0) is 17.4. The minimum absolute atomic E-state index is 0.0655. The highest BCUT2D eigenvalue weighted by atomic mass is 32.1. The van der Waals surface area contributed by atoms with Crippen molar-refractivity contribution in [1.29, 1.82) is 0 Å². The highest BCUT2D eigenvalue weighted by molar-refractivity contribution is 7.10. The molecule has 0 aliphatic carbocycles. The van der Waals surface area contributed by atoms with E-state index in [9.17, 15) is 9.59 Å². The van der Waals surface area contributed by atoms with Gasteiger partial charge >= 0.3 is 6.03 Å². The van der Waals surface area contributed by atoms with Crippen molar-refractivity contribution in [2.45, 2.75) is 26.3 Å². The van der Waals surface area contributed by atoms with Gasteiger partial charge in [0.2, 0.25) is 5.91 Å². The van der Waals surface area contributed by atoms with E-state index < -0.39 is 6.03 Å². The molecule has 3 N–H and O–H groups in total. The van der Waals surface area contributed by atoms with Crippen LogP contribution in [-0.2, 0) is 4.79 Å². The maximum atomic E-state index is 11.9. The van der Waals surface area contributed by atoms with Crippen molar-refractivity contribution in [2.75, 3.05) is 13.1 Å². The van der Waals surface area contributed by atoms with Gasteiger partial charge in [-0.1, -0.05) is 42.8 Å². The molecule has 0 radical (unpaired) electrons. The monoisotopic (exact) mass is 345 g/mol. The Kier molecular flexibility index (Phi) is 6.96. The molecule has 1 atom stereocenters. The summed E-state index contributed by atoms with van der Waals surface area (Å²) in [5.41, 5.74) is 2.28. The van der Waals surface area contributed by atoms with Gasteiger partial charge in [0.05, 0.1) is 12.6 Å². The van der Waals surface area contributed by atoms with E-state index in [1.54, 1.807) is 11.3 Å². The van der Waals surface area contributed by atoms with Gasteiger partial charge in [-0.2, -0.15) is 0 Å². The lowest BCUT2D eigenvalue weighted by atomic mass is 10.0. The second kappa shape index (κ2) is 9.20. The summed E-state index contributed by atoms with van der Waals surface area (Å²) in [5, 5.41) is 10.2. The molecular weight excluding hydrogens is 322 g/mol. The number of hydrogen-bond donors (Lipinski definition) is 3. The lowest BCUT2D eigenvalue weighted by molar-refractivity contribution is -0.119. The lowest BCUT2D eigenvalue weighted by Crippen LogP contribution is -2.44.